The van der Waals surface area contributed by atoms with E-state index in [4.69, 9.17) is 9.15 Å². The molecule has 0 saturated carbocycles. The van der Waals surface area contributed by atoms with Crippen molar-refractivity contribution in [2.45, 2.75) is 51.7 Å². The molecule has 1 aromatic heterocycles. The maximum absolute atomic E-state index is 5.70. The van der Waals surface area contributed by atoms with Gasteiger partial charge in [-0.15, -0.1) is 0 Å². The van der Waals surface area contributed by atoms with Gasteiger partial charge in [0.1, 0.15) is 5.76 Å². The van der Waals surface area contributed by atoms with Crippen LogP contribution >= 0.6 is 0 Å². The maximum Gasteiger partial charge on any atom is 0.108 e. The summed E-state index contributed by atoms with van der Waals surface area (Å²) in [7, 11) is 0. The van der Waals surface area contributed by atoms with E-state index < -0.39 is 0 Å². The molecular weight excluding hydrogens is 214 g/mol. The molecule has 3 nitrogen and oxygen atoms in total. The van der Waals surface area contributed by atoms with Crippen LogP contribution in [0.5, 0.6) is 0 Å². The van der Waals surface area contributed by atoms with Gasteiger partial charge in [-0.25, -0.2) is 0 Å². The lowest BCUT2D eigenvalue weighted by Gasteiger charge is -2.29. The van der Waals surface area contributed by atoms with Gasteiger partial charge in [0.15, 0.2) is 0 Å². The smallest absolute Gasteiger partial charge is 0.108 e. The third-order valence-corrected chi connectivity index (χ3v) is 3.36. The fourth-order valence-electron chi connectivity index (χ4n) is 2.51. The molecule has 1 N–H and O–H groups in total. The molecule has 1 atom stereocenters. The number of fused-ring (bicyclic) bond motifs is 1. The molecule has 1 aliphatic rings. The maximum atomic E-state index is 5.70. The molecule has 0 aromatic carbocycles. The zero-order valence-corrected chi connectivity index (χ0v) is 11.1. The Balaban J connectivity index is 1.93. The minimum atomic E-state index is -0.101. The summed E-state index contributed by atoms with van der Waals surface area (Å²) in [5.41, 5.74) is 1.24. The van der Waals surface area contributed by atoms with Crippen LogP contribution in [0.1, 0.15) is 51.0 Å². The van der Waals surface area contributed by atoms with Crippen LogP contribution in [0.25, 0.3) is 0 Å². The first-order valence-corrected chi connectivity index (χ1v) is 6.56. The average Bonchev–Trinajstić information content (AvgIpc) is 2.74. The van der Waals surface area contributed by atoms with Crippen LogP contribution < -0.4 is 5.32 Å². The lowest BCUT2D eigenvalue weighted by Crippen LogP contribution is -2.40. The van der Waals surface area contributed by atoms with Gasteiger partial charge in [-0.2, -0.15) is 0 Å². The van der Waals surface area contributed by atoms with Crippen LogP contribution in [0, 0.1) is 0 Å². The van der Waals surface area contributed by atoms with Gasteiger partial charge in [-0.3, -0.25) is 0 Å². The summed E-state index contributed by atoms with van der Waals surface area (Å²) >= 11 is 0. The number of hydrogen-bond acceptors (Lipinski definition) is 3. The summed E-state index contributed by atoms with van der Waals surface area (Å²) < 4.78 is 11.2. The Morgan fingerprint density at radius 1 is 1.53 bits per heavy atom. The highest BCUT2D eigenvalue weighted by Crippen LogP contribution is 2.30. The highest BCUT2D eigenvalue weighted by molar-refractivity contribution is 5.24. The highest BCUT2D eigenvalue weighted by Gasteiger charge is 2.25. The standard InChI is InChI=1S/C14H23NO2/c1-4-17-14(2,3)10-15-12-6-5-7-13-11(12)8-9-16-13/h8-9,12,15H,4-7,10H2,1-3H3. The van der Waals surface area contributed by atoms with Crippen molar-refractivity contribution in [3.63, 3.8) is 0 Å². The summed E-state index contributed by atoms with van der Waals surface area (Å²) in [5, 5.41) is 3.60. The third-order valence-electron chi connectivity index (χ3n) is 3.36. The predicted molar refractivity (Wildman–Crippen MR) is 68.1 cm³/mol. The molecule has 1 unspecified atom stereocenters. The molecule has 3 heteroatoms. The Labute approximate surface area is 104 Å². The second-order valence-corrected chi connectivity index (χ2v) is 5.32. The molecular formula is C14H23NO2. The second-order valence-electron chi connectivity index (χ2n) is 5.32. The molecule has 1 heterocycles. The molecule has 0 aliphatic heterocycles. The summed E-state index contributed by atoms with van der Waals surface area (Å²) in [6.07, 6.45) is 5.27. The lowest BCUT2D eigenvalue weighted by atomic mass is 9.93. The van der Waals surface area contributed by atoms with E-state index in [1.54, 1.807) is 6.26 Å². The van der Waals surface area contributed by atoms with Gasteiger partial charge in [0.05, 0.1) is 11.9 Å². The normalized spacial score (nSPS) is 20.3. The van der Waals surface area contributed by atoms with Gasteiger partial charge in [0.2, 0.25) is 0 Å². The Morgan fingerprint density at radius 2 is 2.35 bits per heavy atom. The summed E-state index contributed by atoms with van der Waals surface area (Å²) in [5.74, 6) is 1.16. The second kappa shape index (κ2) is 5.23. The van der Waals surface area contributed by atoms with Crippen LogP contribution in [0.4, 0.5) is 0 Å². The third kappa shape index (κ3) is 3.11. The molecule has 96 valence electrons. The van der Waals surface area contributed by atoms with Gasteiger partial charge in [-0.05, 0) is 39.7 Å². The topological polar surface area (TPSA) is 34.4 Å². The van der Waals surface area contributed by atoms with Crippen molar-refractivity contribution in [2.75, 3.05) is 13.2 Å². The fraction of sp³-hybridized carbons (Fsp3) is 0.714. The van der Waals surface area contributed by atoms with Crippen molar-refractivity contribution >= 4 is 0 Å². The monoisotopic (exact) mass is 237 g/mol. The van der Waals surface area contributed by atoms with Gasteiger partial charge in [0, 0.05) is 31.2 Å². The van der Waals surface area contributed by atoms with Crippen molar-refractivity contribution in [1.82, 2.24) is 5.32 Å². The lowest BCUT2D eigenvalue weighted by molar-refractivity contribution is -0.0110. The van der Waals surface area contributed by atoms with Crippen LogP contribution in [-0.2, 0) is 11.2 Å². The first-order valence-electron chi connectivity index (χ1n) is 6.56. The van der Waals surface area contributed by atoms with E-state index in [1.807, 2.05) is 6.92 Å². The van der Waals surface area contributed by atoms with Crippen LogP contribution in [0.15, 0.2) is 16.7 Å². The number of aryl methyl sites for hydroxylation is 1. The van der Waals surface area contributed by atoms with Gasteiger partial charge >= 0.3 is 0 Å². The van der Waals surface area contributed by atoms with Crippen molar-refractivity contribution in [3.8, 4) is 0 Å². The van der Waals surface area contributed by atoms with Crippen LogP contribution in [0.2, 0.25) is 0 Å². The van der Waals surface area contributed by atoms with E-state index in [1.165, 1.54) is 18.4 Å². The van der Waals surface area contributed by atoms with E-state index in [0.29, 0.717) is 6.04 Å². The zero-order chi connectivity index (χ0) is 12.3. The number of ether oxygens (including phenoxy) is 1. The number of nitrogens with one attached hydrogen (secondary N) is 1. The van der Waals surface area contributed by atoms with Crippen molar-refractivity contribution < 1.29 is 9.15 Å². The summed E-state index contributed by atoms with van der Waals surface area (Å²) in [6, 6.07) is 2.53. The first kappa shape index (κ1) is 12.7. The summed E-state index contributed by atoms with van der Waals surface area (Å²) in [6.45, 7) is 7.92. The molecule has 0 fully saturated rings. The predicted octanol–water partition coefficient (Wildman–Crippen LogP) is 3.06. The number of hydrogen-bond donors (Lipinski definition) is 1. The van der Waals surface area contributed by atoms with Crippen molar-refractivity contribution in [3.05, 3.63) is 23.7 Å². The molecule has 1 aromatic rings. The van der Waals surface area contributed by atoms with E-state index in [0.717, 1.165) is 25.3 Å². The largest absolute Gasteiger partial charge is 0.469 e. The van der Waals surface area contributed by atoms with Gasteiger partial charge < -0.3 is 14.5 Å². The zero-order valence-electron chi connectivity index (χ0n) is 11.1. The molecule has 0 radical (unpaired) electrons. The van der Waals surface area contributed by atoms with E-state index in [-0.39, 0.29) is 5.60 Å². The molecule has 17 heavy (non-hydrogen) atoms. The molecule has 1 aliphatic carbocycles. The molecule has 0 spiro atoms. The van der Waals surface area contributed by atoms with Crippen molar-refractivity contribution in [2.24, 2.45) is 0 Å². The minimum absolute atomic E-state index is 0.101. The average molecular weight is 237 g/mol. The van der Waals surface area contributed by atoms with E-state index in [2.05, 4.69) is 25.2 Å². The minimum Gasteiger partial charge on any atom is -0.469 e. The van der Waals surface area contributed by atoms with Gasteiger partial charge in [-0.1, -0.05) is 0 Å². The Morgan fingerprint density at radius 3 is 3.12 bits per heavy atom. The van der Waals surface area contributed by atoms with Crippen LogP contribution in [0.3, 0.4) is 0 Å². The highest BCUT2D eigenvalue weighted by atomic mass is 16.5. The quantitative estimate of drug-likeness (QED) is 0.854. The Kier molecular flexibility index (Phi) is 3.89. The molecule has 0 saturated heterocycles. The van der Waals surface area contributed by atoms with Crippen LogP contribution in [-0.4, -0.2) is 18.8 Å². The molecule has 2 rings (SSSR count). The van der Waals surface area contributed by atoms with E-state index >= 15 is 0 Å². The number of rotatable bonds is 5. The molecule has 0 amide bonds. The number of furan rings is 1. The van der Waals surface area contributed by atoms with Gasteiger partial charge in [0.25, 0.3) is 0 Å². The fourth-order valence-corrected chi connectivity index (χ4v) is 2.51. The molecule has 0 bridgehead atoms. The Bertz CT molecular complexity index is 357. The van der Waals surface area contributed by atoms with E-state index in [9.17, 15) is 0 Å². The SMILES string of the molecule is CCOC(C)(C)CNC1CCCc2occc21. The first-order chi connectivity index (χ1) is 8.12. The summed E-state index contributed by atoms with van der Waals surface area (Å²) in [4.78, 5) is 0. The Hall–Kier alpha value is -0.800. The van der Waals surface area contributed by atoms with Crippen molar-refractivity contribution in [1.29, 1.82) is 0 Å².